The highest BCUT2D eigenvalue weighted by atomic mass is 35.5. The van der Waals surface area contributed by atoms with Gasteiger partial charge >= 0.3 is 0 Å². The average Bonchev–Trinajstić information content (AvgIpc) is 2.47. The molecular weight excluding hydrogens is 307 g/mol. The molecule has 1 heterocycles. The molecule has 3 rings (SSSR count). The molecule has 3 nitrogen and oxygen atoms in total. The number of phenolic OH excluding ortho intramolecular Hbond substituents is 1. The van der Waals surface area contributed by atoms with E-state index >= 15 is 0 Å². The lowest BCUT2D eigenvalue weighted by Crippen LogP contribution is -2.44. The molecule has 0 spiro atoms. The molecule has 0 aliphatic carbocycles. The molecule has 0 radical (unpaired) electrons. The molecule has 1 fully saturated rings. The Morgan fingerprint density at radius 1 is 1.00 bits per heavy atom. The highest BCUT2D eigenvalue weighted by Gasteiger charge is 2.17. The van der Waals surface area contributed by atoms with E-state index in [2.05, 4.69) is 35.3 Å². The molecule has 1 atom stereocenters. The average molecular weight is 329 g/mol. The summed E-state index contributed by atoms with van der Waals surface area (Å²) in [7, 11) is 0. The number of piperazine rings is 1. The minimum absolute atomic E-state index is 0. The monoisotopic (exact) mass is 328 g/mol. The Balaban J connectivity index is 0.00000110. The van der Waals surface area contributed by atoms with E-state index in [9.17, 15) is 5.11 Å². The van der Waals surface area contributed by atoms with Crippen LogP contribution in [0.1, 0.15) is 18.5 Å². The lowest BCUT2D eigenvalue weighted by Gasteiger charge is -2.33. The van der Waals surface area contributed by atoms with Gasteiger partial charge in [-0.3, -0.25) is 4.90 Å². The standard InChI is InChI=1S/C16H20N2O.2ClH/c1-12(18-8-6-17-7-9-18)13-2-3-15-11-16(19)5-4-14(15)10-13;;/h2-5,10-12,17,19H,6-9H2,1H3;2*1H/t12-;;/m1../s1. The zero-order valence-corrected chi connectivity index (χ0v) is 13.7. The number of benzene rings is 2. The van der Waals surface area contributed by atoms with Crippen LogP contribution in [0.25, 0.3) is 10.8 Å². The maximum Gasteiger partial charge on any atom is 0.116 e. The zero-order valence-electron chi connectivity index (χ0n) is 12.1. The van der Waals surface area contributed by atoms with Crippen LogP contribution in [0.2, 0.25) is 0 Å². The number of halogens is 2. The topological polar surface area (TPSA) is 35.5 Å². The predicted octanol–water partition coefficient (Wildman–Crippen LogP) is 3.36. The molecular formula is C16H22Cl2N2O. The van der Waals surface area contributed by atoms with Crippen LogP contribution in [0.15, 0.2) is 36.4 Å². The van der Waals surface area contributed by atoms with Crippen molar-refractivity contribution in [2.45, 2.75) is 13.0 Å². The number of rotatable bonds is 2. The zero-order chi connectivity index (χ0) is 13.2. The van der Waals surface area contributed by atoms with Crippen molar-refractivity contribution in [3.63, 3.8) is 0 Å². The van der Waals surface area contributed by atoms with Gasteiger partial charge in [-0.25, -0.2) is 0 Å². The lowest BCUT2D eigenvalue weighted by molar-refractivity contribution is 0.185. The minimum Gasteiger partial charge on any atom is -0.508 e. The molecule has 2 aromatic carbocycles. The molecule has 116 valence electrons. The van der Waals surface area contributed by atoms with E-state index in [1.807, 2.05) is 12.1 Å². The van der Waals surface area contributed by atoms with Crippen molar-refractivity contribution >= 4 is 35.6 Å². The van der Waals surface area contributed by atoms with Crippen LogP contribution in [0.4, 0.5) is 0 Å². The predicted molar refractivity (Wildman–Crippen MR) is 93.0 cm³/mol. The molecule has 2 aromatic rings. The Morgan fingerprint density at radius 2 is 1.62 bits per heavy atom. The molecule has 0 unspecified atom stereocenters. The fraction of sp³-hybridized carbons (Fsp3) is 0.375. The van der Waals surface area contributed by atoms with E-state index in [0.717, 1.165) is 31.6 Å². The van der Waals surface area contributed by atoms with Gasteiger partial charge in [0.1, 0.15) is 5.75 Å². The van der Waals surface area contributed by atoms with E-state index < -0.39 is 0 Å². The van der Waals surface area contributed by atoms with Crippen LogP contribution in [0.5, 0.6) is 5.75 Å². The van der Waals surface area contributed by atoms with Crippen molar-refractivity contribution in [2.24, 2.45) is 0 Å². The second kappa shape index (κ2) is 7.85. The lowest BCUT2D eigenvalue weighted by atomic mass is 10.0. The number of fused-ring (bicyclic) bond motifs is 1. The van der Waals surface area contributed by atoms with Gasteiger partial charge in [0.05, 0.1) is 0 Å². The fourth-order valence-electron chi connectivity index (χ4n) is 2.79. The van der Waals surface area contributed by atoms with Gasteiger partial charge in [-0.1, -0.05) is 18.2 Å². The third-order valence-electron chi connectivity index (χ3n) is 4.03. The van der Waals surface area contributed by atoms with Crippen LogP contribution >= 0.6 is 24.8 Å². The number of hydrogen-bond acceptors (Lipinski definition) is 3. The highest BCUT2D eigenvalue weighted by Crippen LogP contribution is 2.26. The fourth-order valence-corrected chi connectivity index (χ4v) is 2.79. The molecule has 1 aliphatic heterocycles. The quantitative estimate of drug-likeness (QED) is 0.887. The van der Waals surface area contributed by atoms with Crippen molar-refractivity contribution in [3.8, 4) is 5.75 Å². The second-order valence-corrected chi connectivity index (χ2v) is 5.25. The molecule has 5 heteroatoms. The summed E-state index contributed by atoms with van der Waals surface area (Å²) in [5.41, 5.74) is 1.35. The Hall–Kier alpha value is -1.000. The summed E-state index contributed by atoms with van der Waals surface area (Å²) in [6, 6.07) is 12.5. The van der Waals surface area contributed by atoms with Gasteiger partial charge in [-0.15, -0.1) is 24.8 Å². The summed E-state index contributed by atoms with van der Waals surface area (Å²) in [6.07, 6.45) is 0. The van der Waals surface area contributed by atoms with E-state index in [1.165, 1.54) is 10.9 Å². The summed E-state index contributed by atoms with van der Waals surface area (Å²) in [5, 5.41) is 15.2. The summed E-state index contributed by atoms with van der Waals surface area (Å²) >= 11 is 0. The van der Waals surface area contributed by atoms with E-state index in [4.69, 9.17) is 0 Å². The first-order valence-corrected chi connectivity index (χ1v) is 6.91. The van der Waals surface area contributed by atoms with Crippen molar-refractivity contribution in [2.75, 3.05) is 26.2 Å². The van der Waals surface area contributed by atoms with Crippen molar-refractivity contribution in [1.82, 2.24) is 10.2 Å². The highest BCUT2D eigenvalue weighted by molar-refractivity contribution is 5.86. The van der Waals surface area contributed by atoms with Crippen LogP contribution in [0.3, 0.4) is 0 Å². The minimum atomic E-state index is 0. The number of hydrogen-bond donors (Lipinski definition) is 2. The van der Waals surface area contributed by atoms with Gasteiger partial charge in [0.25, 0.3) is 0 Å². The van der Waals surface area contributed by atoms with Crippen molar-refractivity contribution < 1.29 is 5.11 Å². The smallest absolute Gasteiger partial charge is 0.116 e. The molecule has 1 saturated heterocycles. The van der Waals surface area contributed by atoms with Gasteiger partial charge in [0, 0.05) is 32.2 Å². The first-order valence-electron chi connectivity index (χ1n) is 6.91. The summed E-state index contributed by atoms with van der Waals surface area (Å²) in [6.45, 7) is 6.63. The Morgan fingerprint density at radius 3 is 2.33 bits per heavy atom. The van der Waals surface area contributed by atoms with Crippen LogP contribution in [-0.4, -0.2) is 36.2 Å². The molecule has 0 aromatic heterocycles. The molecule has 0 saturated carbocycles. The van der Waals surface area contributed by atoms with E-state index in [0.29, 0.717) is 11.8 Å². The van der Waals surface area contributed by atoms with E-state index in [1.54, 1.807) is 6.07 Å². The van der Waals surface area contributed by atoms with Gasteiger partial charge in [0.15, 0.2) is 0 Å². The van der Waals surface area contributed by atoms with Crippen LogP contribution in [0, 0.1) is 0 Å². The summed E-state index contributed by atoms with van der Waals surface area (Å²) in [4.78, 5) is 2.51. The Bertz CT molecular complexity index is 585. The molecule has 1 aliphatic rings. The van der Waals surface area contributed by atoms with Crippen LogP contribution < -0.4 is 5.32 Å². The first kappa shape index (κ1) is 18.1. The van der Waals surface area contributed by atoms with Gasteiger partial charge in [-0.2, -0.15) is 0 Å². The molecule has 21 heavy (non-hydrogen) atoms. The largest absolute Gasteiger partial charge is 0.508 e. The first-order chi connectivity index (χ1) is 9.24. The van der Waals surface area contributed by atoms with Gasteiger partial charge in [0.2, 0.25) is 0 Å². The van der Waals surface area contributed by atoms with Crippen LogP contribution in [-0.2, 0) is 0 Å². The normalized spacial score (nSPS) is 16.8. The summed E-state index contributed by atoms with van der Waals surface area (Å²) < 4.78 is 0. The summed E-state index contributed by atoms with van der Waals surface area (Å²) in [5.74, 6) is 0.329. The van der Waals surface area contributed by atoms with Crippen molar-refractivity contribution in [3.05, 3.63) is 42.0 Å². The Labute approximate surface area is 138 Å². The third kappa shape index (κ3) is 4.01. The molecule has 0 bridgehead atoms. The number of aromatic hydroxyl groups is 1. The number of nitrogens with zero attached hydrogens (tertiary/aromatic N) is 1. The number of phenols is 1. The van der Waals surface area contributed by atoms with E-state index in [-0.39, 0.29) is 24.8 Å². The van der Waals surface area contributed by atoms with Gasteiger partial charge < -0.3 is 10.4 Å². The van der Waals surface area contributed by atoms with Crippen molar-refractivity contribution in [1.29, 1.82) is 0 Å². The molecule has 0 amide bonds. The van der Waals surface area contributed by atoms with Gasteiger partial charge in [-0.05, 0) is 41.5 Å². The SMILES string of the molecule is C[C@H](c1ccc2cc(O)ccc2c1)N1CCNCC1.Cl.Cl. The molecule has 2 N–H and O–H groups in total. The third-order valence-corrected chi connectivity index (χ3v) is 4.03. The maximum atomic E-state index is 9.50. The number of nitrogens with one attached hydrogen (secondary N) is 1. The Kier molecular flexibility index (Phi) is 6.75. The second-order valence-electron chi connectivity index (χ2n) is 5.25. The maximum absolute atomic E-state index is 9.50.